The number of pyridine rings is 2. The van der Waals surface area contributed by atoms with Gasteiger partial charge in [-0.3, -0.25) is 15.0 Å². The zero-order valence-electron chi connectivity index (χ0n) is 22.3. The first-order chi connectivity index (χ1) is 19.6. The van der Waals surface area contributed by atoms with E-state index in [1.165, 1.54) is 0 Å². The molecule has 6 heteroatoms. The van der Waals surface area contributed by atoms with Gasteiger partial charge in [0.25, 0.3) is 0 Å². The van der Waals surface area contributed by atoms with Gasteiger partial charge in [0.1, 0.15) is 0 Å². The maximum absolute atomic E-state index is 11.0. The van der Waals surface area contributed by atoms with E-state index in [9.17, 15) is 5.11 Å². The molecule has 2 aromatic heterocycles. The Balaban J connectivity index is 1.31. The highest BCUT2D eigenvalue weighted by Crippen LogP contribution is 2.19. The summed E-state index contributed by atoms with van der Waals surface area (Å²) in [6.07, 6.45) is 5.24. The molecule has 0 radical (unpaired) electrons. The third kappa shape index (κ3) is 7.47. The molecule has 0 bridgehead atoms. The minimum absolute atomic E-state index is 0.304. The summed E-state index contributed by atoms with van der Waals surface area (Å²) in [6.45, 7) is 0.832. The molecule has 5 aromatic rings. The maximum atomic E-state index is 11.0. The van der Waals surface area contributed by atoms with Crippen molar-refractivity contribution in [2.24, 2.45) is 10.8 Å². The fourth-order valence-corrected chi connectivity index (χ4v) is 4.47. The van der Waals surface area contributed by atoms with Crippen LogP contribution < -0.4 is 5.73 Å². The van der Waals surface area contributed by atoms with Crippen molar-refractivity contribution in [1.82, 2.24) is 15.0 Å². The van der Waals surface area contributed by atoms with E-state index >= 15 is 0 Å². The molecule has 0 saturated carbocycles. The van der Waals surface area contributed by atoms with Gasteiger partial charge < -0.3 is 10.8 Å². The van der Waals surface area contributed by atoms with Crippen LogP contribution in [-0.4, -0.2) is 45.0 Å². The van der Waals surface area contributed by atoms with Gasteiger partial charge in [-0.25, -0.2) is 0 Å². The van der Waals surface area contributed by atoms with Gasteiger partial charge in [-0.2, -0.15) is 5.10 Å². The van der Waals surface area contributed by atoms with Crippen LogP contribution in [0.4, 0.5) is 0 Å². The van der Waals surface area contributed by atoms with E-state index in [4.69, 9.17) is 10.8 Å². The zero-order valence-corrected chi connectivity index (χ0v) is 22.3. The summed E-state index contributed by atoms with van der Waals surface area (Å²) >= 11 is 0. The smallest absolute Gasteiger partial charge is 0.0885 e. The minimum atomic E-state index is -0.753. The number of aromatic nitrogens is 2. The van der Waals surface area contributed by atoms with Crippen LogP contribution in [0.3, 0.4) is 0 Å². The zero-order chi connectivity index (χ0) is 27.6. The van der Waals surface area contributed by atoms with E-state index in [1.54, 1.807) is 12.4 Å². The van der Waals surface area contributed by atoms with E-state index in [0.29, 0.717) is 19.5 Å². The van der Waals surface area contributed by atoms with Crippen LogP contribution in [0.2, 0.25) is 0 Å². The molecule has 6 nitrogen and oxygen atoms in total. The summed E-state index contributed by atoms with van der Waals surface area (Å²) in [6, 6.07) is 37.7. The van der Waals surface area contributed by atoms with Gasteiger partial charge in [0.15, 0.2) is 0 Å². The lowest BCUT2D eigenvalue weighted by Gasteiger charge is -2.26. The van der Waals surface area contributed by atoms with E-state index in [1.807, 2.05) is 102 Å². The van der Waals surface area contributed by atoms with Crippen LogP contribution in [0.1, 0.15) is 16.7 Å². The number of hydrogen-bond donors (Lipinski definition) is 2. The highest BCUT2D eigenvalue weighted by atomic mass is 16.3. The average molecular weight is 528 g/mol. The summed E-state index contributed by atoms with van der Waals surface area (Å²) in [5.74, 6) is 0. The Morgan fingerprint density at radius 1 is 0.700 bits per heavy atom. The monoisotopic (exact) mass is 527 g/mol. The highest BCUT2D eigenvalue weighted by Gasteiger charge is 2.19. The Labute approximate surface area is 235 Å². The molecule has 0 unspecified atom stereocenters. The topological polar surface area (TPSA) is 87.6 Å². The molecule has 0 saturated heterocycles. The number of aliphatic hydroxyl groups excluding tert-OH is 1. The maximum Gasteiger partial charge on any atom is 0.0885 e. The standard InChI is InChI=1S/C34H33N5O/c35-31(22-26-8-2-1-3-9-26)34(40)25-39(24-28-14-18-30(19-15-28)33-11-5-7-21-37-33)38-23-27-12-16-29(17-13-27)32-10-4-6-20-36-32/h1-21,23,31,34,40H,22,24-25,35H2/b38-23+/t31-,34-/m0/s1. The average Bonchev–Trinajstić information content (AvgIpc) is 3.02. The SMILES string of the molecule is N[C@@H](Cc1ccccc1)[C@@H](O)CN(Cc1ccc(-c2ccccn2)cc1)/N=C/c1ccc(-c2ccccn2)cc1. The Hall–Kier alpha value is -4.65. The van der Waals surface area contributed by atoms with Gasteiger partial charge in [0, 0.05) is 29.6 Å². The van der Waals surface area contributed by atoms with E-state index < -0.39 is 12.1 Å². The third-order valence-electron chi connectivity index (χ3n) is 6.73. The Kier molecular flexibility index (Phi) is 9.04. The number of aliphatic hydroxyl groups is 1. The van der Waals surface area contributed by atoms with Gasteiger partial charge in [-0.05, 0) is 47.4 Å². The Morgan fingerprint density at radius 3 is 1.85 bits per heavy atom. The summed E-state index contributed by atoms with van der Waals surface area (Å²) in [5, 5.41) is 17.7. The quantitative estimate of drug-likeness (QED) is 0.173. The predicted octanol–water partition coefficient (Wildman–Crippen LogP) is 5.58. The molecular formula is C34H33N5O. The van der Waals surface area contributed by atoms with Gasteiger partial charge in [0.05, 0.1) is 36.8 Å². The molecule has 0 fully saturated rings. The summed E-state index contributed by atoms with van der Waals surface area (Å²) < 4.78 is 0. The minimum Gasteiger partial charge on any atom is -0.390 e. The van der Waals surface area contributed by atoms with Gasteiger partial charge in [-0.1, -0.05) is 91.0 Å². The van der Waals surface area contributed by atoms with Crippen molar-refractivity contribution in [3.05, 3.63) is 144 Å². The Bertz CT molecular complexity index is 1480. The molecule has 0 spiro atoms. The second-order valence-electron chi connectivity index (χ2n) is 9.76. The van der Waals surface area contributed by atoms with Crippen molar-refractivity contribution in [3.8, 4) is 22.5 Å². The van der Waals surface area contributed by atoms with E-state index in [2.05, 4.69) is 34.2 Å². The molecular weight excluding hydrogens is 494 g/mol. The fourth-order valence-electron chi connectivity index (χ4n) is 4.47. The van der Waals surface area contributed by atoms with E-state index in [-0.39, 0.29) is 0 Å². The number of nitrogens with two attached hydrogens (primary N) is 1. The molecule has 200 valence electrons. The number of hydrogen-bond acceptors (Lipinski definition) is 6. The van der Waals surface area contributed by atoms with Crippen LogP contribution in [0, 0.1) is 0 Å². The second kappa shape index (κ2) is 13.4. The van der Waals surface area contributed by atoms with Crippen LogP contribution in [0.15, 0.2) is 133 Å². The van der Waals surface area contributed by atoms with Crippen molar-refractivity contribution in [3.63, 3.8) is 0 Å². The van der Waals surface area contributed by atoms with Crippen molar-refractivity contribution < 1.29 is 5.11 Å². The number of benzene rings is 3. The van der Waals surface area contributed by atoms with Crippen molar-refractivity contribution in [2.45, 2.75) is 25.1 Å². The lowest BCUT2D eigenvalue weighted by molar-refractivity contribution is 0.0894. The Morgan fingerprint density at radius 2 is 1.27 bits per heavy atom. The number of rotatable bonds is 11. The summed E-state index contributed by atoms with van der Waals surface area (Å²) in [4.78, 5) is 8.86. The molecule has 40 heavy (non-hydrogen) atoms. The van der Waals surface area contributed by atoms with Crippen LogP contribution in [0.25, 0.3) is 22.5 Å². The van der Waals surface area contributed by atoms with Crippen molar-refractivity contribution in [2.75, 3.05) is 6.54 Å². The lowest BCUT2D eigenvalue weighted by atomic mass is 10.0. The largest absolute Gasteiger partial charge is 0.390 e. The molecule has 2 heterocycles. The molecule has 3 aromatic carbocycles. The normalized spacial score (nSPS) is 12.8. The van der Waals surface area contributed by atoms with Gasteiger partial charge in [0.2, 0.25) is 0 Å². The molecule has 0 aliphatic heterocycles. The van der Waals surface area contributed by atoms with Crippen LogP contribution in [-0.2, 0) is 13.0 Å². The van der Waals surface area contributed by atoms with Crippen LogP contribution in [0.5, 0.6) is 0 Å². The predicted molar refractivity (Wildman–Crippen MR) is 161 cm³/mol. The number of nitrogens with zero attached hydrogens (tertiary/aromatic N) is 4. The molecule has 0 aliphatic carbocycles. The van der Waals surface area contributed by atoms with Crippen molar-refractivity contribution >= 4 is 6.21 Å². The molecule has 5 rings (SSSR count). The molecule has 0 aliphatic rings. The first-order valence-electron chi connectivity index (χ1n) is 13.4. The first-order valence-corrected chi connectivity index (χ1v) is 13.4. The van der Waals surface area contributed by atoms with Gasteiger partial charge in [-0.15, -0.1) is 0 Å². The lowest BCUT2D eigenvalue weighted by Crippen LogP contribution is -2.43. The van der Waals surface area contributed by atoms with Crippen LogP contribution >= 0.6 is 0 Å². The number of hydrazone groups is 1. The van der Waals surface area contributed by atoms with Crippen molar-refractivity contribution in [1.29, 1.82) is 0 Å². The molecule has 3 N–H and O–H groups in total. The third-order valence-corrected chi connectivity index (χ3v) is 6.73. The fraction of sp³-hybridized carbons (Fsp3) is 0.147. The first kappa shape index (κ1) is 26.9. The second-order valence-corrected chi connectivity index (χ2v) is 9.76. The molecule has 0 amide bonds. The summed E-state index contributed by atoms with van der Waals surface area (Å²) in [5.41, 5.74) is 13.5. The van der Waals surface area contributed by atoms with E-state index in [0.717, 1.165) is 39.2 Å². The van der Waals surface area contributed by atoms with Gasteiger partial charge >= 0.3 is 0 Å². The molecule has 2 atom stereocenters. The highest BCUT2D eigenvalue weighted by molar-refractivity contribution is 5.80. The summed E-state index contributed by atoms with van der Waals surface area (Å²) in [7, 11) is 0.